The first-order valence-electron chi connectivity index (χ1n) is 6.74. The van der Waals surface area contributed by atoms with Gasteiger partial charge in [0.2, 0.25) is 0 Å². The van der Waals surface area contributed by atoms with Crippen LogP contribution in [0.15, 0.2) is 63.8 Å². The fraction of sp³-hybridized carbons (Fsp3) is 0.118. The monoisotopic (exact) mass is 281 g/mol. The maximum atomic E-state index is 11.9. The fourth-order valence-electron chi connectivity index (χ4n) is 2.26. The van der Waals surface area contributed by atoms with Crippen LogP contribution in [0.4, 0.5) is 0 Å². The average molecular weight is 281 g/mol. The third-order valence-electron chi connectivity index (χ3n) is 3.35. The molecule has 2 aromatic carbocycles. The zero-order valence-corrected chi connectivity index (χ0v) is 11.4. The lowest BCUT2D eigenvalue weighted by Crippen LogP contribution is -2.19. The number of rotatable bonds is 4. The van der Waals surface area contributed by atoms with Crippen molar-refractivity contribution in [2.45, 2.75) is 13.1 Å². The molecule has 0 spiro atoms. The standard InChI is InChI=1S/C17H15NO3/c19-16-13-8-4-5-9-15(13)21-17(20)14(16)11-18-10-12-6-2-1-3-7-12/h1-9,18-19H,10-11H2. The second kappa shape index (κ2) is 5.81. The topological polar surface area (TPSA) is 62.5 Å². The molecule has 0 atom stereocenters. The summed E-state index contributed by atoms with van der Waals surface area (Å²) in [5, 5.41) is 13.9. The number of hydrogen-bond donors (Lipinski definition) is 2. The van der Waals surface area contributed by atoms with Crippen LogP contribution in [-0.4, -0.2) is 5.11 Å². The van der Waals surface area contributed by atoms with Crippen molar-refractivity contribution in [3.05, 3.63) is 76.1 Å². The normalized spacial score (nSPS) is 10.9. The van der Waals surface area contributed by atoms with Crippen LogP contribution in [0.1, 0.15) is 11.1 Å². The van der Waals surface area contributed by atoms with Gasteiger partial charge in [-0.2, -0.15) is 0 Å². The van der Waals surface area contributed by atoms with Crippen molar-refractivity contribution in [2.75, 3.05) is 0 Å². The van der Waals surface area contributed by atoms with E-state index in [9.17, 15) is 9.90 Å². The van der Waals surface area contributed by atoms with E-state index in [0.29, 0.717) is 17.5 Å². The van der Waals surface area contributed by atoms with Gasteiger partial charge in [0.25, 0.3) is 0 Å². The summed E-state index contributed by atoms with van der Waals surface area (Å²) in [5.41, 5.74) is 1.25. The molecule has 2 N–H and O–H groups in total. The van der Waals surface area contributed by atoms with Crippen molar-refractivity contribution >= 4 is 11.0 Å². The average Bonchev–Trinajstić information content (AvgIpc) is 2.51. The Balaban J connectivity index is 1.82. The van der Waals surface area contributed by atoms with Crippen LogP contribution in [0, 0.1) is 0 Å². The van der Waals surface area contributed by atoms with E-state index in [1.54, 1.807) is 24.3 Å². The van der Waals surface area contributed by atoms with Gasteiger partial charge in [-0.3, -0.25) is 0 Å². The summed E-state index contributed by atoms with van der Waals surface area (Å²) in [4.78, 5) is 11.9. The third kappa shape index (κ3) is 2.80. The van der Waals surface area contributed by atoms with Crippen molar-refractivity contribution in [3.8, 4) is 5.75 Å². The maximum Gasteiger partial charge on any atom is 0.344 e. The number of para-hydroxylation sites is 1. The summed E-state index contributed by atoms with van der Waals surface area (Å²) in [6, 6.07) is 16.8. The Labute approximate surface area is 121 Å². The lowest BCUT2D eigenvalue weighted by Gasteiger charge is -2.07. The molecule has 1 aromatic heterocycles. The first-order chi connectivity index (χ1) is 10.3. The molecule has 0 fully saturated rings. The molecule has 106 valence electrons. The van der Waals surface area contributed by atoms with Gasteiger partial charge >= 0.3 is 5.63 Å². The van der Waals surface area contributed by atoms with E-state index in [1.165, 1.54) is 0 Å². The number of aromatic hydroxyl groups is 1. The second-order valence-corrected chi connectivity index (χ2v) is 4.80. The third-order valence-corrected chi connectivity index (χ3v) is 3.35. The van der Waals surface area contributed by atoms with Gasteiger partial charge in [-0.1, -0.05) is 42.5 Å². The number of fused-ring (bicyclic) bond motifs is 1. The molecule has 0 aliphatic carbocycles. The molecule has 0 radical (unpaired) electrons. The lowest BCUT2D eigenvalue weighted by molar-refractivity contribution is 0.451. The summed E-state index contributed by atoms with van der Waals surface area (Å²) in [5.74, 6) is -0.0117. The Bertz CT molecular complexity index is 809. The molecule has 0 aliphatic rings. The molecule has 0 unspecified atom stereocenters. The molecule has 0 saturated carbocycles. The van der Waals surface area contributed by atoms with Gasteiger partial charge in [-0.05, 0) is 17.7 Å². The summed E-state index contributed by atoms with van der Waals surface area (Å²) in [6.07, 6.45) is 0. The van der Waals surface area contributed by atoms with Gasteiger partial charge in [-0.25, -0.2) is 4.79 Å². The summed E-state index contributed by atoms with van der Waals surface area (Å²) in [7, 11) is 0. The zero-order chi connectivity index (χ0) is 14.7. The minimum atomic E-state index is -0.508. The SMILES string of the molecule is O=c1oc2ccccc2c(O)c1CNCc1ccccc1. The van der Waals surface area contributed by atoms with Crippen LogP contribution < -0.4 is 10.9 Å². The Morgan fingerprint density at radius 2 is 1.67 bits per heavy atom. The predicted molar refractivity (Wildman–Crippen MR) is 81.1 cm³/mol. The second-order valence-electron chi connectivity index (χ2n) is 4.80. The highest BCUT2D eigenvalue weighted by Crippen LogP contribution is 2.25. The van der Waals surface area contributed by atoms with Crippen LogP contribution in [-0.2, 0) is 13.1 Å². The lowest BCUT2D eigenvalue weighted by atomic mass is 10.1. The first kappa shape index (κ1) is 13.4. The van der Waals surface area contributed by atoms with Crippen molar-refractivity contribution in [3.63, 3.8) is 0 Å². The molecule has 3 aromatic rings. The minimum absolute atomic E-state index is 0.0117. The van der Waals surface area contributed by atoms with Crippen molar-refractivity contribution < 1.29 is 9.52 Å². The highest BCUT2D eigenvalue weighted by atomic mass is 16.4. The summed E-state index contributed by atoms with van der Waals surface area (Å²) >= 11 is 0. The van der Waals surface area contributed by atoms with Crippen LogP contribution in [0.5, 0.6) is 5.75 Å². The Morgan fingerprint density at radius 1 is 0.952 bits per heavy atom. The number of nitrogens with one attached hydrogen (secondary N) is 1. The van der Waals surface area contributed by atoms with Gasteiger partial charge in [0.15, 0.2) is 0 Å². The number of benzene rings is 2. The largest absolute Gasteiger partial charge is 0.507 e. The van der Waals surface area contributed by atoms with E-state index in [1.807, 2.05) is 30.3 Å². The van der Waals surface area contributed by atoms with Crippen molar-refractivity contribution in [2.24, 2.45) is 0 Å². The zero-order valence-electron chi connectivity index (χ0n) is 11.4. The van der Waals surface area contributed by atoms with Gasteiger partial charge < -0.3 is 14.8 Å². The predicted octanol–water partition coefficient (Wildman–Crippen LogP) is 2.79. The van der Waals surface area contributed by atoms with Gasteiger partial charge in [-0.15, -0.1) is 0 Å². The molecular formula is C17H15NO3. The van der Waals surface area contributed by atoms with Gasteiger partial charge in [0.05, 0.1) is 10.9 Å². The molecule has 21 heavy (non-hydrogen) atoms. The van der Waals surface area contributed by atoms with E-state index in [4.69, 9.17) is 4.42 Å². The first-order valence-corrected chi connectivity index (χ1v) is 6.74. The van der Waals surface area contributed by atoms with Gasteiger partial charge in [0, 0.05) is 13.1 Å². The molecule has 4 heteroatoms. The Hall–Kier alpha value is -2.59. The van der Waals surface area contributed by atoms with E-state index in [2.05, 4.69) is 5.32 Å². The quantitative estimate of drug-likeness (QED) is 0.722. The molecule has 0 amide bonds. The van der Waals surface area contributed by atoms with Crippen molar-refractivity contribution in [1.82, 2.24) is 5.32 Å². The van der Waals surface area contributed by atoms with E-state index in [-0.39, 0.29) is 17.9 Å². The Morgan fingerprint density at radius 3 is 2.48 bits per heavy atom. The van der Waals surface area contributed by atoms with Crippen LogP contribution in [0.3, 0.4) is 0 Å². The molecule has 4 nitrogen and oxygen atoms in total. The number of hydrogen-bond acceptors (Lipinski definition) is 4. The highest BCUT2D eigenvalue weighted by molar-refractivity contribution is 5.83. The smallest absolute Gasteiger partial charge is 0.344 e. The Kier molecular flexibility index (Phi) is 3.71. The van der Waals surface area contributed by atoms with Crippen LogP contribution in [0.25, 0.3) is 11.0 Å². The molecule has 3 rings (SSSR count). The molecular weight excluding hydrogens is 266 g/mol. The van der Waals surface area contributed by atoms with E-state index >= 15 is 0 Å². The van der Waals surface area contributed by atoms with E-state index in [0.717, 1.165) is 5.56 Å². The molecule has 1 heterocycles. The maximum absolute atomic E-state index is 11.9. The highest BCUT2D eigenvalue weighted by Gasteiger charge is 2.12. The van der Waals surface area contributed by atoms with Crippen LogP contribution in [0.2, 0.25) is 0 Å². The summed E-state index contributed by atoms with van der Waals surface area (Å²) in [6.45, 7) is 0.875. The summed E-state index contributed by atoms with van der Waals surface area (Å²) < 4.78 is 5.22. The molecule has 0 bridgehead atoms. The van der Waals surface area contributed by atoms with Crippen molar-refractivity contribution in [1.29, 1.82) is 0 Å². The van der Waals surface area contributed by atoms with Crippen LogP contribution >= 0.6 is 0 Å². The molecule has 0 saturated heterocycles. The molecule has 0 aliphatic heterocycles. The minimum Gasteiger partial charge on any atom is -0.507 e. The van der Waals surface area contributed by atoms with Gasteiger partial charge in [0.1, 0.15) is 11.3 Å². The van der Waals surface area contributed by atoms with E-state index < -0.39 is 5.63 Å². The fourth-order valence-corrected chi connectivity index (χ4v) is 2.26.